The first-order valence-corrected chi connectivity index (χ1v) is 8.25. The Morgan fingerprint density at radius 1 is 1.43 bits per heavy atom. The van der Waals surface area contributed by atoms with Gasteiger partial charge in [0, 0.05) is 6.07 Å². The maximum atomic E-state index is 12.1. The number of likely N-dealkylation sites (N-methyl/N-ethyl adjacent to an activating group) is 1. The van der Waals surface area contributed by atoms with E-state index in [1.807, 2.05) is 25.2 Å². The number of fused-ring (bicyclic) bond motifs is 1. The summed E-state index contributed by atoms with van der Waals surface area (Å²) in [4.78, 5) is 17.8. The molecule has 23 heavy (non-hydrogen) atoms. The van der Waals surface area contributed by atoms with Gasteiger partial charge >= 0.3 is 0 Å². The number of benzene rings is 1. The zero-order valence-corrected chi connectivity index (χ0v) is 14.1. The van der Waals surface area contributed by atoms with Crippen LogP contribution in [0.15, 0.2) is 34.9 Å². The smallest absolute Gasteiger partial charge is 0.280 e. The normalized spacial score (nSPS) is 13.9. The summed E-state index contributed by atoms with van der Waals surface area (Å²) in [7, 11) is 1.99. The number of nitrogens with one attached hydrogen (secondary N) is 2. The van der Waals surface area contributed by atoms with Gasteiger partial charge in [0.1, 0.15) is 11.8 Å². The lowest BCUT2D eigenvalue weighted by Crippen LogP contribution is -3.10. The van der Waals surface area contributed by atoms with Gasteiger partial charge in [0.15, 0.2) is 17.4 Å². The van der Waals surface area contributed by atoms with E-state index in [0.29, 0.717) is 18.1 Å². The Hall–Kier alpha value is -2.25. The lowest BCUT2D eigenvalue weighted by Gasteiger charge is -2.18. The van der Waals surface area contributed by atoms with E-state index in [2.05, 4.69) is 28.4 Å². The number of para-hydroxylation sites is 1. The summed E-state index contributed by atoms with van der Waals surface area (Å²) in [5.41, 5.74) is 1.01. The first kappa shape index (κ1) is 15.6. The molecule has 0 aliphatic carbocycles. The number of amides is 1. The van der Waals surface area contributed by atoms with Crippen LogP contribution in [0.1, 0.15) is 23.7 Å². The average molecular weight is 331 g/mol. The van der Waals surface area contributed by atoms with Crippen molar-refractivity contribution in [2.24, 2.45) is 0 Å². The Balaban J connectivity index is 1.64. The number of anilines is 1. The molecule has 1 unspecified atom stereocenters. The molecule has 2 atom stereocenters. The second-order valence-corrected chi connectivity index (χ2v) is 6.70. The molecule has 2 aromatic heterocycles. The highest BCUT2D eigenvalue weighted by atomic mass is 32.1. The van der Waals surface area contributed by atoms with Crippen molar-refractivity contribution in [2.45, 2.75) is 19.9 Å². The molecule has 2 heterocycles. The summed E-state index contributed by atoms with van der Waals surface area (Å²) in [6, 6.07) is 9.91. The second-order valence-electron chi connectivity index (χ2n) is 5.64. The number of thiazole rings is 1. The molecule has 3 rings (SSSR count). The Labute approximate surface area is 138 Å². The molecule has 0 fully saturated rings. The van der Waals surface area contributed by atoms with Crippen LogP contribution < -0.4 is 10.2 Å². The van der Waals surface area contributed by atoms with E-state index in [1.165, 1.54) is 4.70 Å². The van der Waals surface area contributed by atoms with Crippen LogP contribution in [-0.4, -0.2) is 29.6 Å². The van der Waals surface area contributed by atoms with Gasteiger partial charge in [-0.2, -0.15) is 0 Å². The van der Waals surface area contributed by atoms with E-state index in [4.69, 9.17) is 4.52 Å². The second kappa shape index (κ2) is 6.47. The molecule has 0 aliphatic rings. The molecule has 1 aromatic carbocycles. The van der Waals surface area contributed by atoms with Gasteiger partial charge in [-0.1, -0.05) is 17.3 Å². The summed E-state index contributed by atoms with van der Waals surface area (Å²) < 4.78 is 6.11. The third kappa shape index (κ3) is 3.57. The van der Waals surface area contributed by atoms with Crippen molar-refractivity contribution < 1.29 is 14.2 Å². The van der Waals surface area contributed by atoms with E-state index >= 15 is 0 Å². The Bertz CT molecular complexity index is 793. The molecule has 6 nitrogen and oxygen atoms in total. The van der Waals surface area contributed by atoms with E-state index in [9.17, 15) is 4.79 Å². The third-order valence-corrected chi connectivity index (χ3v) is 4.97. The summed E-state index contributed by atoms with van der Waals surface area (Å²) in [6.45, 7) is 4.21. The average Bonchev–Trinajstić information content (AvgIpc) is 3.12. The van der Waals surface area contributed by atoms with Gasteiger partial charge < -0.3 is 14.7 Å². The molecule has 0 saturated heterocycles. The first-order valence-electron chi connectivity index (χ1n) is 7.44. The highest BCUT2D eigenvalue weighted by Crippen LogP contribution is 2.24. The van der Waals surface area contributed by atoms with Crippen molar-refractivity contribution in [3.63, 3.8) is 0 Å². The monoisotopic (exact) mass is 331 g/mol. The fourth-order valence-electron chi connectivity index (χ4n) is 2.30. The van der Waals surface area contributed by atoms with Gasteiger partial charge in [-0.15, -0.1) is 11.3 Å². The molecule has 3 aromatic rings. The fourth-order valence-corrected chi connectivity index (χ4v) is 3.42. The number of aryl methyl sites for hydroxylation is 1. The number of hydrogen-bond acceptors (Lipinski definition) is 5. The van der Waals surface area contributed by atoms with Crippen molar-refractivity contribution >= 4 is 33.3 Å². The molecule has 7 heteroatoms. The molecule has 0 bridgehead atoms. The number of quaternary nitrogens is 1. The molecule has 1 amide bonds. The van der Waals surface area contributed by atoms with E-state index < -0.39 is 0 Å². The van der Waals surface area contributed by atoms with Crippen LogP contribution in [0, 0.1) is 6.92 Å². The standard InChI is InChI=1S/C16H18N4O2S/c1-10-8-14(19-22-10)18-15(21)9-20(3)11(2)16-17-12-6-4-5-7-13(12)23-16/h4-8,11H,9H2,1-3H3,(H,18,19,21)/p+1/t11-/m1/s1. The SMILES string of the molecule is Cc1cc(NC(=O)C[NH+](C)[C@H](C)c2nc3ccccc3s2)no1. The predicted molar refractivity (Wildman–Crippen MR) is 89.7 cm³/mol. The predicted octanol–water partition coefficient (Wildman–Crippen LogP) is 1.81. The van der Waals surface area contributed by atoms with E-state index in [-0.39, 0.29) is 11.9 Å². The van der Waals surface area contributed by atoms with Gasteiger partial charge in [0.05, 0.1) is 17.3 Å². The van der Waals surface area contributed by atoms with Crippen molar-refractivity contribution in [2.75, 3.05) is 18.9 Å². The molecular weight excluding hydrogens is 312 g/mol. The van der Waals surface area contributed by atoms with Crippen molar-refractivity contribution in [1.29, 1.82) is 0 Å². The number of carbonyl (C=O) groups excluding carboxylic acids is 1. The van der Waals surface area contributed by atoms with Crippen LogP contribution in [0.3, 0.4) is 0 Å². The van der Waals surface area contributed by atoms with Crippen molar-refractivity contribution in [1.82, 2.24) is 10.1 Å². The van der Waals surface area contributed by atoms with Gasteiger partial charge in [0.2, 0.25) is 0 Å². The molecule has 0 saturated carbocycles. The van der Waals surface area contributed by atoms with Crippen LogP contribution in [-0.2, 0) is 4.79 Å². The minimum absolute atomic E-state index is 0.0937. The highest BCUT2D eigenvalue weighted by molar-refractivity contribution is 7.18. The summed E-state index contributed by atoms with van der Waals surface area (Å²) in [5.74, 6) is 1.03. The van der Waals surface area contributed by atoms with Gasteiger partial charge in [-0.3, -0.25) is 4.79 Å². The van der Waals surface area contributed by atoms with Gasteiger partial charge in [-0.25, -0.2) is 4.98 Å². The summed E-state index contributed by atoms with van der Waals surface area (Å²) >= 11 is 1.68. The number of carbonyl (C=O) groups is 1. The van der Waals surface area contributed by atoms with E-state index in [1.54, 1.807) is 24.3 Å². The Morgan fingerprint density at radius 3 is 2.91 bits per heavy atom. The molecular formula is C16H19N4O2S+. The zero-order valence-electron chi connectivity index (χ0n) is 13.3. The highest BCUT2D eigenvalue weighted by Gasteiger charge is 2.22. The molecule has 120 valence electrons. The van der Waals surface area contributed by atoms with Crippen LogP contribution in [0.4, 0.5) is 5.82 Å². The largest absolute Gasteiger partial charge is 0.360 e. The van der Waals surface area contributed by atoms with Crippen LogP contribution >= 0.6 is 11.3 Å². The lowest BCUT2D eigenvalue weighted by atomic mass is 10.3. The van der Waals surface area contributed by atoms with Crippen LogP contribution in [0.2, 0.25) is 0 Å². The van der Waals surface area contributed by atoms with Gasteiger partial charge in [0.25, 0.3) is 5.91 Å². The van der Waals surface area contributed by atoms with Crippen LogP contribution in [0.5, 0.6) is 0 Å². The first-order chi connectivity index (χ1) is 11.0. The Kier molecular flexibility index (Phi) is 4.40. The summed E-state index contributed by atoms with van der Waals surface area (Å²) in [6.07, 6.45) is 0. The minimum Gasteiger partial charge on any atom is -0.360 e. The van der Waals surface area contributed by atoms with E-state index in [0.717, 1.165) is 15.4 Å². The van der Waals surface area contributed by atoms with Crippen molar-refractivity contribution in [3.8, 4) is 0 Å². The fraction of sp³-hybridized carbons (Fsp3) is 0.312. The maximum Gasteiger partial charge on any atom is 0.280 e. The topological polar surface area (TPSA) is 72.5 Å². The third-order valence-electron chi connectivity index (χ3n) is 3.75. The molecule has 0 radical (unpaired) electrons. The summed E-state index contributed by atoms with van der Waals surface area (Å²) in [5, 5.41) is 7.55. The lowest BCUT2D eigenvalue weighted by molar-refractivity contribution is -0.902. The molecule has 2 N–H and O–H groups in total. The number of aromatic nitrogens is 2. The number of hydrogen-bond donors (Lipinski definition) is 2. The quantitative estimate of drug-likeness (QED) is 0.748. The van der Waals surface area contributed by atoms with Crippen molar-refractivity contribution in [3.05, 3.63) is 41.1 Å². The number of nitrogens with zero attached hydrogens (tertiary/aromatic N) is 2. The maximum absolute atomic E-state index is 12.1. The van der Waals surface area contributed by atoms with Crippen LogP contribution in [0.25, 0.3) is 10.2 Å². The number of rotatable bonds is 5. The zero-order chi connectivity index (χ0) is 16.4. The minimum atomic E-state index is -0.0937. The Morgan fingerprint density at radius 2 is 2.22 bits per heavy atom. The molecule has 0 spiro atoms. The van der Waals surface area contributed by atoms with Gasteiger partial charge in [-0.05, 0) is 26.0 Å². The molecule has 0 aliphatic heterocycles.